The summed E-state index contributed by atoms with van der Waals surface area (Å²) in [4.78, 5) is 152. The second-order valence-corrected chi connectivity index (χ2v) is 23.0. The van der Waals surface area contributed by atoms with E-state index in [0.717, 1.165) is 13.0 Å². The Morgan fingerprint density at radius 2 is 0.861 bits per heavy atom. The van der Waals surface area contributed by atoms with Crippen molar-refractivity contribution in [3.63, 3.8) is 0 Å². The second kappa shape index (κ2) is 37.4. The van der Waals surface area contributed by atoms with Gasteiger partial charge in [-0.25, -0.2) is 57.9 Å². The smallest absolute Gasteiger partial charge is 0.359 e. The van der Waals surface area contributed by atoms with Crippen LogP contribution in [0.25, 0.3) is 0 Å². The SMILES string of the molecule is NC1CCCNC1c1ccccc1.O=C(OC(C(=O)O)C(OC(=O)c1ccccc1)C(=O)N1CCCC(NC(=O)[C@@H](OOCc2ccccc2)[C@H](OOCc2ccccc2)C(=O)O)C1c1ccccc1)c1ccccc1.O=C(OC1C(=O)OC(=O)C1OC(=O)c1ccccc1)c1ccccc1. The molecule has 3 aliphatic rings. The minimum absolute atomic E-state index is 0.0132. The number of nitrogens with one attached hydrogen (secondary N) is 2. The number of piperidine rings is 2. The summed E-state index contributed by atoms with van der Waals surface area (Å²) in [5.41, 5.74) is 9.45. The standard InChI is InChI=1S/C47H44N2O14.C18H12O7.C11H16N2/c50-42(38(62-58-29-31-17-6-1-7-18-31)41(45(54)55)63-59-30-32-19-8-2-9-20-32)48-36-27-16-28-49(37(36)33-21-10-3-11-22-33)43(51)39(60-46(56)34-23-12-4-13-24-34)40(44(52)53)61-47(57)35-25-14-5-15-26-35;19-15(11-7-3-1-4-8-11)23-13-14(18(22)25-17(13)21)24-16(20)12-9-5-2-6-10-12;12-10-7-4-8-13-11(10)9-5-2-1-3-6-9/h1-15,17-26,36-41H,16,27-30H2,(H,48,50)(H,52,53)(H,54,55);1-10,13-14H;1-3,5-6,10-11,13H,4,7-8,12H2/t36?,37?,38-,39?,40?,41-;;/m0../s1. The number of carbonyl (C=O) groups is 10. The van der Waals surface area contributed by atoms with E-state index in [-0.39, 0.29) is 60.9 Å². The zero-order valence-corrected chi connectivity index (χ0v) is 54.2. The molecule has 0 bridgehead atoms. The molecule has 3 saturated heterocycles. The van der Waals surface area contributed by atoms with Crippen LogP contribution < -0.4 is 16.4 Å². The van der Waals surface area contributed by atoms with Crippen LogP contribution in [0.2, 0.25) is 0 Å². The number of hydrogen-bond acceptors (Lipinski definition) is 21. The number of nitrogens with two attached hydrogens (primary N) is 1. The topological polar surface area (TPSA) is 348 Å². The highest BCUT2D eigenvalue weighted by molar-refractivity contribution is 6.04. The summed E-state index contributed by atoms with van der Waals surface area (Å²) < 4.78 is 25.5. The Hall–Kier alpha value is -11.6. The van der Waals surface area contributed by atoms with Gasteiger partial charge < -0.3 is 55.2 Å². The van der Waals surface area contributed by atoms with Crippen molar-refractivity contribution in [1.29, 1.82) is 0 Å². The number of ether oxygens (including phenoxy) is 5. The van der Waals surface area contributed by atoms with Gasteiger partial charge in [0.25, 0.3) is 11.8 Å². The first-order valence-corrected chi connectivity index (χ1v) is 32.1. The third-order valence-corrected chi connectivity index (χ3v) is 16.0. The summed E-state index contributed by atoms with van der Waals surface area (Å²) in [5, 5.41) is 27.0. The predicted octanol–water partition coefficient (Wildman–Crippen LogP) is 8.45. The van der Waals surface area contributed by atoms with Crippen molar-refractivity contribution in [2.24, 2.45) is 5.73 Å². The molecule has 0 aliphatic carbocycles. The van der Waals surface area contributed by atoms with E-state index in [1.165, 1.54) is 77.5 Å². The van der Waals surface area contributed by atoms with E-state index < -0.39 is 108 Å². The molecule has 0 spiro atoms. The second-order valence-electron chi connectivity index (χ2n) is 23.0. The van der Waals surface area contributed by atoms with E-state index in [4.69, 9.17) is 44.2 Å². The maximum Gasteiger partial charge on any atom is 0.359 e. The van der Waals surface area contributed by atoms with Gasteiger partial charge in [-0.3, -0.25) is 9.59 Å². The van der Waals surface area contributed by atoms with Crippen molar-refractivity contribution in [3.8, 4) is 0 Å². The molecule has 8 unspecified atom stereocenters. The Kier molecular flexibility index (Phi) is 27.3. The van der Waals surface area contributed by atoms with E-state index in [0.29, 0.717) is 22.7 Å². The minimum atomic E-state index is -2.33. The highest BCUT2D eigenvalue weighted by Crippen LogP contribution is 2.34. The summed E-state index contributed by atoms with van der Waals surface area (Å²) in [7, 11) is 0. The van der Waals surface area contributed by atoms with Crippen molar-refractivity contribution in [3.05, 3.63) is 287 Å². The number of carboxylic acids is 2. The Morgan fingerprint density at radius 1 is 0.475 bits per heavy atom. The third-order valence-electron chi connectivity index (χ3n) is 16.0. The van der Waals surface area contributed by atoms with E-state index >= 15 is 0 Å². The number of hydrogen-bond donors (Lipinski definition) is 5. The number of carboxylic acid groups (broad SMARTS) is 2. The fraction of sp³-hybridized carbons (Fsp3) is 0.237. The Morgan fingerprint density at radius 3 is 1.29 bits per heavy atom. The van der Waals surface area contributed by atoms with Gasteiger partial charge in [0.15, 0.2) is 0 Å². The zero-order valence-electron chi connectivity index (χ0n) is 54.2. The number of likely N-dealkylation sites (tertiary alicyclic amines) is 1. The number of nitrogens with zero attached hydrogens (tertiary/aromatic N) is 1. The highest BCUT2D eigenvalue weighted by Gasteiger charge is 2.51. The lowest BCUT2D eigenvalue weighted by Crippen LogP contribution is -2.59. The lowest BCUT2D eigenvalue weighted by atomic mass is 9.89. The first-order chi connectivity index (χ1) is 49.0. The molecule has 0 aromatic heterocycles. The number of esters is 6. The molecule has 0 radical (unpaired) electrons. The van der Waals surface area contributed by atoms with Crippen LogP contribution in [0.3, 0.4) is 0 Å². The average molecular weight is 1380 g/mol. The van der Waals surface area contributed by atoms with Crippen molar-refractivity contribution in [1.82, 2.24) is 15.5 Å². The van der Waals surface area contributed by atoms with Gasteiger partial charge in [0.2, 0.25) is 36.6 Å². The summed E-state index contributed by atoms with van der Waals surface area (Å²) in [6.45, 7) is 0.709. The Balaban J connectivity index is 0.000000251. The van der Waals surface area contributed by atoms with E-state index in [1.807, 2.05) is 6.07 Å². The number of cyclic esters (lactones) is 2. The molecule has 101 heavy (non-hydrogen) atoms. The van der Waals surface area contributed by atoms with E-state index in [9.17, 15) is 58.2 Å². The molecule has 2 amide bonds. The van der Waals surface area contributed by atoms with E-state index in [2.05, 4.69) is 39.6 Å². The molecular weight excluding hydrogens is 1300 g/mol. The normalized spacial score (nSPS) is 18.8. The first kappa shape index (κ1) is 73.7. The van der Waals surface area contributed by atoms with Crippen LogP contribution in [0.15, 0.2) is 243 Å². The van der Waals surface area contributed by atoms with E-state index in [1.54, 1.807) is 152 Å². The molecular formula is C76H72N4O21. The molecule has 10 atom stereocenters. The number of amides is 2. The van der Waals surface area contributed by atoms with Crippen molar-refractivity contribution in [2.45, 2.75) is 99.7 Å². The number of benzene rings is 8. The molecule has 25 heteroatoms. The van der Waals surface area contributed by atoms with Crippen LogP contribution in [0.5, 0.6) is 0 Å². The van der Waals surface area contributed by atoms with Gasteiger partial charge in [0.1, 0.15) is 13.2 Å². The number of rotatable bonds is 25. The van der Waals surface area contributed by atoms with Crippen molar-refractivity contribution >= 4 is 59.6 Å². The van der Waals surface area contributed by atoms with Gasteiger partial charge in [0, 0.05) is 18.6 Å². The van der Waals surface area contributed by atoms with Gasteiger partial charge >= 0.3 is 47.8 Å². The first-order valence-electron chi connectivity index (χ1n) is 32.1. The highest BCUT2D eigenvalue weighted by atomic mass is 17.2. The fourth-order valence-corrected chi connectivity index (χ4v) is 11.0. The number of aliphatic carboxylic acids is 2. The Bertz CT molecular complexity index is 3970. The lowest BCUT2D eigenvalue weighted by Gasteiger charge is -2.43. The molecule has 11 rings (SSSR count). The molecule has 3 fully saturated rings. The fourth-order valence-electron chi connectivity index (χ4n) is 11.0. The van der Waals surface area contributed by atoms with Crippen molar-refractivity contribution < 1.29 is 101 Å². The van der Waals surface area contributed by atoms with Crippen LogP contribution >= 0.6 is 0 Å². The molecule has 0 saturated carbocycles. The Labute approximate surface area is 579 Å². The molecule has 522 valence electrons. The molecule has 8 aromatic carbocycles. The van der Waals surface area contributed by atoms with Gasteiger partial charge in [-0.15, -0.1) is 0 Å². The molecule has 25 nitrogen and oxygen atoms in total. The average Bonchev–Trinajstić information content (AvgIpc) is 1.61. The summed E-state index contributed by atoms with van der Waals surface area (Å²) in [6.07, 6.45) is -9.13. The third kappa shape index (κ3) is 21.0. The number of carbonyl (C=O) groups excluding carboxylic acids is 8. The largest absolute Gasteiger partial charge is 0.479 e. The zero-order chi connectivity index (χ0) is 71.5. The maximum absolute atomic E-state index is 14.9. The van der Waals surface area contributed by atoms with Gasteiger partial charge in [0.05, 0.1) is 34.3 Å². The molecule has 8 aromatic rings. The summed E-state index contributed by atoms with van der Waals surface area (Å²) in [6, 6.07) is 65.7. The molecule has 3 aliphatic heterocycles. The van der Waals surface area contributed by atoms with Crippen LogP contribution in [0.4, 0.5) is 0 Å². The van der Waals surface area contributed by atoms with Crippen LogP contribution in [0, 0.1) is 0 Å². The summed E-state index contributed by atoms with van der Waals surface area (Å²) in [5.74, 6) is -11.5. The van der Waals surface area contributed by atoms with Gasteiger partial charge in [-0.1, -0.05) is 194 Å². The van der Waals surface area contributed by atoms with Crippen molar-refractivity contribution in [2.75, 3.05) is 13.1 Å². The lowest BCUT2D eigenvalue weighted by molar-refractivity contribution is -0.385. The van der Waals surface area contributed by atoms with Gasteiger partial charge in [-0.2, -0.15) is 0 Å². The van der Waals surface area contributed by atoms with Gasteiger partial charge in [-0.05, 0) is 103 Å². The maximum atomic E-state index is 14.9. The van der Waals surface area contributed by atoms with Crippen LogP contribution in [-0.2, 0) is 85.2 Å². The molecule has 3 heterocycles. The molecule has 6 N–H and O–H groups in total. The quantitative estimate of drug-likeness (QED) is 0.0118. The van der Waals surface area contributed by atoms with Crippen LogP contribution in [-0.4, -0.2) is 136 Å². The minimum Gasteiger partial charge on any atom is -0.479 e. The summed E-state index contributed by atoms with van der Waals surface area (Å²) >= 11 is 0. The van der Waals surface area contributed by atoms with Crippen LogP contribution in [0.1, 0.15) is 101 Å². The monoisotopic (exact) mass is 1380 g/mol. The predicted molar refractivity (Wildman–Crippen MR) is 358 cm³/mol.